The highest BCUT2D eigenvalue weighted by molar-refractivity contribution is 4.84. The predicted octanol–water partition coefficient (Wildman–Crippen LogP) is 1.08. The normalized spacial score (nSPS) is 31.0. The van der Waals surface area contributed by atoms with Crippen LogP contribution in [-0.4, -0.2) is 37.6 Å². The second-order valence-electron chi connectivity index (χ2n) is 4.38. The van der Waals surface area contributed by atoms with Crippen molar-refractivity contribution < 1.29 is 0 Å². The molecule has 1 aliphatic heterocycles. The van der Waals surface area contributed by atoms with Crippen molar-refractivity contribution in [1.29, 1.82) is 0 Å². The van der Waals surface area contributed by atoms with E-state index in [-0.39, 0.29) is 0 Å². The maximum Gasteiger partial charge on any atom is 0.00934 e. The summed E-state index contributed by atoms with van der Waals surface area (Å²) in [6.07, 6.45) is 5.69. The van der Waals surface area contributed by atoms with E-state index in [2.05, 4.69) is 17.3 Å². The number of hydrogen-bond donors (Lipinski definition) is 1. The molecule has 70 valence electrons. The molecule has 2 aliphatic rings. The van der Waals surface area contributed by atoms with E-state index in [1.165, 1.54) is 45.3 Å². The van der Waals surface area contributed by atoms with Crippen LogP contribution in [0.2, 0.25) is 0 Å². The van der Waals surface area contributed by atoms with Gasteiger partial charge in [0.15, 0.2) is 0 Å². The molecular formula is C10H20N2. The van der Waals surface area contributed by atoms with E-state index in [4.69, 9.17) is 0 Å². The molecule has 1 N–H and O–H groups in total. The molecule has 2 nitrogen and oxygen atoms in total. The van der Waals surface area contributed by atoms with Crippen LogP contribution in [0.5, 0.6) is 0 Å². The van der Waals surface area contributed by atoms with E-state index < -0.39 is 0 Å². The van der Waals surface area contributed by atoms with Gasteiger partial charge in [-0.05, 0) is 51.7 Å². The first-order chi connectivity index (χ1) is 5.86. The molecule has 0 amide bonds. The molecule has 1 unspecified atom stereocenters. The first-order valence-corrected chi connectivity index (χ1v) is 5.27. The van der Waals surface area contributed by atoms with E-state index in [1.54, 1.807) is 0 Å². The van der Waals surface area contributed by atoms with Crippen molar-refractivity contribution in [2.45, 2.75) is 31.7 Å². The van der Waals surface area contributed by atoms with Crippen LogP contribution in [0.3, 0.4) is 0 Å². The van der Waals surface area contributed by atoms with Crippen LogP contribution in [0.4, 0.5) is 0 Å². The zero-order valence-electron chi connectivity index (χ0n) is 8.05. The standard InChI is InChI=1S/C10H20N2/c1-12(10-4-5-10)8-9-3-2-6-11-7-9/h9-11H,2-8H2,1H3. The SMILES string of the molecule is CN(CC1CCCNC1)C1CC1. The Morgan fingerprint density at radius 3 is 2.75 bits per heavy atom. The summed E-state index contributed by atoms with van der Waals surface area (Å²) in [5.41, 5.74) is 0. The van der Waals surface area contributed by atoms with Gasteiger partial charge in [0.25, 0.3) is 0 Å². The van der Waals surface area contributed by atoms with Crippen molar-refractivity contribution in [2.75, 3.05) is 26.7 Å². The van der Waals surface area contributed by atoms with Gasteiger partial charge >= 0.3 is 0 Å². The second-order valence-corrected chi connectivity index (χ2v) is 4.38. The highest BCUT2D eigenvalue weighted by atomic mass is 15.2. The molecule has 0 aromatic rings. The van der Waals surface area contributed by atoms with Crippen molar-refractivity contribution >= 4 is 0 Å². The smallest absolute Gasteiger partial charge is 0.00934 e. The summed E-state index contributed by atoms with van der Waals surface area (Å²) in [6, 6.07) is 0.937. The molecule has 1 saturated heterocycles. The Bertz CT molecular complexity index is 137. The number of nitrogens with zero attached hydrogens (tertiary/aromatic N) is 1. The zero-order valence-corrected chi connectivity index (χ0v) is 8.05. The van der Waals surface area contributed by atoms with E-state index in [9.17, 15) is 0 Å². The lowest BCUT2D eigenvalue weighted by atomic mass is 9.99. The first-order valence-electron chi connectivity index (χ1n) is 5.27. The fraction of sp³-hybridized carbons (Fsp3) is 1.00. The van der Waals surface area contributed by atoms with Gasteiger partial charge in [-0.1, -0.05) is 0 Å². The van der Waals surface area contributed by atoms with Crippen LogP contribution in [0.1, 0.15) is 25.7 Å². The summed E-state index contributed by atoms with van der Waals surface area (Å²) in [7, 11) is 2.28. The largest absolute Gasteiger partial charge is 0.316 e. The van der Waals surface area contributed by atoms with Gasteiger partial charge in [0.1, 0.15) is 0 Å². The minimum atomic E-state index is 0.921. The molecule has 0 aromatic heterocycles. The summed E-state index contributed by atoms with van der Waals surface area (Å²) in [5.74, 6) is 0.921. The molecule has 2 rings (SSSR count). The molecule has 1 aliphatic carbocycles. The third kappa shape index (κ3) is 2.20. The highest BCUT2D eigenvalue weighted by Gasteiger charge is 2.27. The number of nitrogens with one attached hydrogen (secondary N) is 1. The van der Waals surface area contributed by atoms with Crippen molar-refractivity contribution in [3.8, 4) is 0 Å². The Morgan fingerprint density at radius 2 is 2.17 bits per heavy atom. The fourth-order valence-corrected chi connectivity index (χ4v) is 2.15. The van der Waals surface area contributed by atoms with Crippen LogP contribution < -0.4 is 5.32 Å². The fourth-order valence-electron chi connectivity index (χ4n) is 2.15. The van der Waals surface area contributed by atoms with Crippen molar-refractivity contribution in [2.24, 2.45) is 5.92 Å². The van der Waals surface area contributed by atoms with Gasteiger partial charge in [-0.3, -0.25) is 0 Å². The average Bonchev–Trinajstić information content (AvgIpc) is 2.88. The second kappa shape index (κ2) is 3.75. The molecule has 2 fully saturated rings. The predicted molar refractivity (Wildman–Crippen MR) is 51.2 cm³/mol. The lowest BCUT2D eigenvalue weighted by Crippen LogP contribution is -2.37. The van der Waals surface area contributed by atoms with E-state index in [0.717, 1.165) is 12.0 Å². The molecule has 0 bridgehead atoms. The first kappa shape index (κ1) is 8.52. The van der Waals surface area contributed by atoms with Gasteiger partial charge in [0.05, 0.1) is 0 Å². The Balaban J connectivity index is 1.69. The number of piperidine rings is 1. The topological polar surface area (TPSA) is 15.3 Å². The molecule has 1 saturated carbocycles. The molecular weight excluding hydrogens is 148 g/mol. The third-order valence-corrected chi connectivity index (χ3v) is 3.12. The van der Waals surface area contributed by atoms with Gasteiger partial charge < -0.3 is 10.2 Å². The Morgan fingerprint density at radius 1 is 1.33 bits per heavy atom. The lowest BCUT2D eigenvalue weighted by molar-refractivity contribution is 0.236. The van der Waals surface area contributed by atoms with Crippen LogP contribution >= 0.6 is 0 Å². The Hall–Kier alpha value is -0.0800. The van der Waals surface area contributed by atoms with Crippen LogP contribution in [0.25, 0.3) is 0 Å². The maximum atomic E-state index is 3.47. The monoisotopic (exact) mass is 168 g/mol. The van der Waals surface area contributed by atoms with Crippen LogP contribution in [0.15, 0.2) is 0 Å². The molecule has 0 aromatic carbocycles. The summed E-state index contributed by atoms with van der Waals surface area (Å²) in [4.78, 5) is 2.55. The molecule has 1 atom stereocenters. The van der Waals surface area contributed by atoms with Crippen molar-refractivity contribution in [3.63, 3.8) is 0 Å². The zero-order chi connectivity index (χ0) is 8.39. The third-order valence-electron chi connectivity index (χ3n) is 3.12. The van der Waals surface area contributed by atoms with Gasteiger partial charge in [0.2, 0.25) is 0 Å². The van der Waals surface area contributed by atoms with Gasteiger partial charge in [0, 0.05) is 12.6 Å². The van der Waals surface area contributed by atoms with Crippen molar-refractivity contribution in [3.05, 3.63) is 0 Å². The Labute approximate surface area is 75.3 Å². The minimum Gasteiger partial charge on any atom is -0.316 e. The van der Waals surface area contributed by atoms with Crippen LogP contribution in [-0.2, 0) is 0 Å². The maximum absolute atomic E-state index is 3.47. The highest BCUT2D eigenvalue weighted by Crippen LogP contribution is 2.26. The molecule has 0 radical (unpaired) electrons. The summed E-state index contributed by atoms with van der Waals surface area (Å²) < 4.78 is 0. The van der Waals surface area contributed by atoms with E-state index in [1.807, 2.05) is 0 Å². The van der Waals surface area contributed by atoms with Gasteiger partial charge in [-0.15, -0.1) is 0 Å². The van der Waals surface area contributed by atoms with Crippen LogP contribution in [0, 0.1) is 5.92 Å². The molecule has 1 heterocycles. The van der Waals surface area contributed by atoms with E-state index >= 15 is 0 Å². The minimum absolute atomic E-state index is 0.921. The lowest BCUT2D eigenvalue weighted by Gasteiger charge is -2.27. The summed E-state index contributed by atoms with van der Waals surface area (Å²) in [6.45, 7) is 3.80. The van der Waals surface area contributed by atoms with Gasteiger partial charge in [-0.2, -0.15) is 0 Å². The Kier molecular flexibility index (Phi) is 2.66. The summed E-state index contributed by atoms with van der Waals surface area (Å²) >= 11 is 0. The average molecular weight is 168 g/mol. The van der Waals surface area contributed by atoms with E-state index in [0.29, 0.717) is 0 Å². The quantitative estimate of drug-likeness (QED) is 0.678. The number of rotatable bonds is 3. The van der Waals surface area contributed by atoms with Crippen molar-refractivity contribution in [1.82, 2.24) is 10.2 Å². The number of hydrogen-bond acceptors (Lipinski definition) is 2. The summed E-state index contributed by atoms with van der Waals surface area (Å²) in [5, 5.41) is 3.47. The molecule has 12 heavy (non-hydrogen) atoms. The molecule has 0 spiro atoms. The molecule has 2 heteroatoms. The van der Waals surface area contributed by atoms with Gasteiger partial charge in [-0.25, -0.2) is 0 Å².